The number of carbonyl (C=O) groups is 1. The highest BCUT2D eigenvalue weighted by Gasteiger charge is 2.53. The second kappa shape index (κ2) is 5.92. The molecule has 5 heteroatoms. The summed E-state index contributed by atoms with van der Waals surface area (Å²) in [5.41, 5.74) is 0.125. The van der Waals surface area contributed by atoms with Crippen molar-refractivity contribution in [3.05, 3.63) is 42.2 Å². The van der Waals surface area contributed by atoms with Crippen LogP contribution in [0.3, 0.4) is 0 Å². The highest BCUT2D eigenvalue weighted by atomic mass is 16.5. The van der Waals surface area contributed by atoms with Crippen LogP contribution in [0.25, 0.3) is 11.3 Å². The molecule has 0 unspecified atom stereocenters. The molecular weight excluding hydrogens is 318 g/mol. The van der Waals surface area contributed by atoms with Crippen molar-refractivity contribution in [2.45, 2.75) is 25.4 Å². The lowest BCUT2D eigenvalue weighted by Crippen LogP contribution is -2.40. The Bertz CT molecular complexity index is 794. The normalized spacial score (nSPS) is 26.0. The van der Waals surface area contributed by atoms with Gasteiger partial charge in [-0.25, -0.2) is 0 Å². The summed E-state index contributed by atoms with van der Waals surface area (Å²) in [5, 5.41) is 10.9. The molecule has 2 aromatic rings. The predicted octanol–water partition coefficient (Wildman–Crippen LogP) is 3.19. The molecule has 132 valence electrons. The predicted molar refractivity (Wildman–Crippen MR) is 93.4 cm³/mol. The van der Waals surface area contributed by atoms with Gasteiger partial charge in [-0.2, -0.15) is 0 Å². The van der Waals surface area contributed by atoms with E-state index in [1.807, 2.05) is 31.2 Å². The number of furan rings is 1. The average Bonchev–Trinajstić information content (AvgIpc) is 3.29. The summed E-state index contributed by atoms with van der Waals surface area (Å²) in [5.74, 6) is 1.96. The molecule has 5 nitrogen and oxygen atoms in total. The maximum absolute atomic E-state index is 12.8. The number of methoxy groups -OCH3 is 1. The third-order valence-electron chi connectivity index (χ3n) is 5.53. The Hall–Kier alpha value is -2.27. The molecule has 1 aromatic heterocycles. The van der Waals surface area contributed by atoms with Gasteiger partial charge in [0.05, 0.1) is 19.3 Å². The molecule has 0 radical (unpaired) electrons. The number of nitrogens with zero attached hydrogens (tertiary/aromatic N) is 1. The van der Waals surface area contributed by atoms with Gasteiger partial charge in [0.15, 0.2) is 5.76 Å². The highest BCUT2D eigenvalue weighted by Crippen LogP contribution is 2.47. The van der Waals surface area contributed by atoms with Crippen molar-refractivity contribution < 1.29 is 19.1 Å². The smallest absolute Gasteiger partial charge is 0.289 e. The van der Waals surface area contributed by atoms with Gasteiger partial charge in [-0.15, -0.1) is 0 Å². The maximum Gasteiger partial charge on any atom is 0.289 e. The summed E-state index contributed by atoms with van der Waals surface area (Å²) >= 11 is 0. The molecule has 2 aliphatic rings. The number of rotatable bonds is 4. The van der Waals surface area contributed by atoms with E-state index in [-0.39, 0.29) is 11.8 Å². The lowest BCUT2D eigenvalue weighted by molar-refractivity contribution is -0.00380. The Morgan fingerprint density at radius 1 is 1.32 bits per heavy atom. The fraction of sp³-hybridized carbons (Fsp3) is 0.450. The van der Waals surface area contributed by atoms with E-state index < -0.39 is 5.60 Å². The number of ether oxygens (including phenoxy) is 1. The first kappa shape index (κ1) is 16.2. The summed E-state index contributed by atoms with van der Waals surface area (Å²) < 4.78 is 11.0. The van der Waals surface area contributed by atoms with Crippen LogP contribution >= 0.6 is 0 Å². The number of amides is 1. The van der Waals surface area contributed by atoms with Gasteiger partial charge < -0.3 is 19.2 Å². The van der Waals surface area contributed by atoms with E-state index in [4.69, 9.17) is 9.15 Å². The molecule has 1 N–H and O–H groups in total. The topological polar surface area (TPSA) is 62.9 Å². The lowest BCUT2D eigenvalue weighted by Gasteiger charge is -2.26. The average molecular weight is 341 g/mol. The van der Waals surface area contributed by atoms with E-state index in [9.17, 15) is 9.90 Å². The number of aliphatic hydroxyl groups is 1. The van der Waals surface area contributed by atoms with E-state index in [1.54, 1.807) is 24.1 Å². The molecule has 4 rings (SSSR count). The van der Waals surface area contributed by atoms with E-state index in [1.165, 1.54) is 0 Å². The summed E-state index contributed by atoms with van der Waals surface area (Å²) in [7, 11) is 1.62. The second-order valence-corrected chi connectivity index (χ2v) is 7.25. The van der Waals surface area contributed by atoms with Gasteiger partial charge in [0.2, 0.25) is 0 Å². The van der Waals surface area contributed by atoms with E-state index in [0.29, 0.717) is 30.5 Å². The minimum atomic E-state index is -0.738. The zero-order chi connectivity index (χ0) is 17.6. The molecule has 0 spiro atoms. The lowest BCUT2D eigenvalue weighted by atomic mass is 9.88. The van der Waals surface area contributed by atoms with Crippen LogP contribution in [0.4, 0.5) is 0 Å². The summed E-state index contributed by atoms with van der Waals surface area (Å²) in [6.07, 6.45) is 2.12. The van der Waals surface area contributed by atoms with Crippen LogP contribution in [0.2, 0.25) is 0 Å². The number of carbonyl (C=O) groups excluding carboxylic acids is 1. The Morgan fingerprint density at radius 2 is 2.12 bits per heavy atom. The zero-order valence-electron chi connectivity index (χ0n) is 14.6. The van der Waals surface area contributed by atoms with Crippen LogP contribution in [-0.2, 0) is 0 Å². The number of likely N-dealkylation sites (tertiary alicyclic amines) is 1. The van der Waals surface area contributed by atoms with Gasteiger partial charge in [-0.05, 0) is 43.0 Å². The Balaban J connectivity index is 1.53. The molecule has 1 saturated carbocycles. The molecular formula is C20H23NO4. The molecule has 2 atom stereocenters. The molecule has 1 aliphatic carbocycles. The highest BCUT2D eigenvalue weighted by molar-refractivity contribution is 5.92. The van der Waals surface area contributed by atoms with Gasteiger partial charge in [-0.1, -0.05) is 19.1 Å². The van der Waals surface area contributed by atoms with E-state index >= 15 is 0 Å². The molecule has 1 saturated heterocycles. The van der Waals surface area contributed by atoms with Crippen molar-refractivity contribution in [3.63, 3.8) is 0 Å². The van der Waals surface area contributed by atoms with Crippen LogP contribution in [0.5, 0.6) is 5.75 Å². The fourth-order valence-electron chi connectivity index (χ4n) is 3.82. The van der Waals surface area contributed by atoms with Gasteiger partial charge >= 0.3 is 0 Å². The third kappa shape index (κ3) is 2.82. The Morgan fingerprint density at radius 3 is 2.84 bits per heavy atom. The minimum absolute atomic E-state index is 0.0942. The quantitative estimate of drug-likeness (QED) is 0.928. The summed E-state index contributed by atoms with van der Waals surface area (Å²) in [4.78, 5) is 14.5. The summed E-state index contributed by atoms with van der Waals surface area (Å²) in [6.45, 7) is 2.99. The van der Waals surface area contributed by atoms with Crippen LogP contribution in [0.1, 0.15) is 30.3 Å². The largest absolute Gasteiger partial charge is 0.497 e. The van der Waals surface area contributed by atoms with Crippen LogP contribution in [0.15, 0.2) is 40.8 Å². The van der Waals surface area contributed by atoms with Crippen molar-refractivity contribution in [1.82, 2.24) is 4.90 Å². The SMILES string of the molecule is COc1cccc(-c2ccc(C(=O)N3C[C@@H](C)[C@](O)(C4CC4)C3)o2)c1. The molecule has 25 heavy (non-hydrogen) atoms. The van der Waals surface area contributed by atoms with Crippen LogP contribution in [0, 0.1) is 11.8 Å². The molecule has 1 aliphatic heterocycles. The van der Waals surface area contributed by atoms with Crippen LogP contribution in [-0.4, -0.2) is 41.7 Å². The number of hydrogen-bond acceptors (Lipinski definition) is 4. The zero-order valence-corrected chi connectivity index (χ0v) is 14.6. The fourth-order valence-corrected chi connectivity index (χ4v) is 3.82. The van der Waals surface area contributed by atoms with E-state index in [2.05, 4.69) is 0 Å². The van der Waals surface area contributed by atoms with Gasteiger partial charge in [0.1, 0.15) is 11.5 Å². The second-order valence-electron chi connectivity index (χ2n) is 7.25. The van der Waals surface area contributed by atoms with E-state index in [0.717, 1.165) is 24.2 Å². The molecule has 1 amide bonds. The Kier molecular flexibility index (Phi) is 3.84. The molecule has 2 heterocycles. The van der Waals surface area contributed by atoms with Crippen molar-refractivity contribution >= 4 is 5.91 Å². The Labute approximate surface area is 147 Å². The third-order valence-corrected chi connectivity index (χ3v) is 5.53. The first-order valence-corrected chi connectivity index (χ1v) is 8.77. The first-order valence-electron chi connectivity index (χ1n) is 8.77. The number of β-amino-alcohol motifs (C(OH)–C–C–N with tert-alkyl or cyclic N) is 1. The minimum Gasteiger partial charge on any atom is -0.497 e. The van der Waals surface area contributed by atoms with Crippen molar-refractivity contribution in [2.75, 3.05) is 20.2 Å². The monoisotopic (exact) mass is 341 g/mol. The van der Waals surface area contributed by atoms with Gasteiger partial charge in [0.25, 0.3) is 5.91 Å². The van der Waals surface area contributed by atoms with Gasteiger partial charge in [0, 0.05) is 18.0 Å². The van der Waals surface area contributed by atoms with Crippen molar-refractivity contribution in [2.24, 2.45) is 11.8 Å². The summed E-state index contributed by atoms with van der Waals surface area (Å²) in [6, 6.07) is 11.0. The van der Waals surface area contributed by atoms with Gasteiger partial charge in [-0.3, -0.25) is 4.79 Å². The maximum atomic E-state index is 12.8. The van der Waals surface area contributed by atoms with Crippen molar-refractivity contribution in [1.29, 1.82) is 0 Å². The number of benzene rings is 1. The molecule has 1 aromatic carbocycles. The molecule has 0 bridgehead atoms. The van der Waals surface area contributed by atoms with Crippen molar-refractivity contribution in [3.8, 4) is 17.1 Å². The number of hydrogen-bond donors (Lipinski definition) is 1. The molecule has 2 fully saturated rings. The van der Waals surface area contributed by atoms with Crippen LogP contribution < -0.4 is 4.74 Å². The first-order chi connectivity index (χ1) is 12.0. The standard InChI is InChI=1S/C20H23NO4/c1-13-11-21(12-20(13,23)15-6-7-15)19(22)18-9-8-17(25-18)14-4-3-5-16(10-14)24-2/h3-5,8-10,13,15,23H,6-7,11-12H2,1-2H3/t13-,20+/m1/s1.